The molecule has 0 aliphatic rings. The van der Waals surface area contributed by atoms with Crippen molar-refractivity contribution in [3.8, 4) is 5.75 Å². The first-order chi connectivity index (χ1) is 10.8. The van der Waals surface area contributed by atoms with Crippen LogP contribution in [0.15, 0.2) is 24.3 Å². The standard InChI is InChI=1S/C17H18ClNO4/c1-9-14(17(21)22-4)10(2)19-15(9)16(20)11(3)23-13-7-5-6-12(18)8-13/h5-8,11,19H,1-4H3/t11-/m0/s1. The molecule has 5 nitrogen and oxygen atoms in total. The van der Waals surface area contributed by atoms with Crippen LogP contribution in [0.25, 0.3) is 0 Å². The van der Waals surface area contributed by atoms with E-state index in [9.17, 15) is 9.59 Å². The average molecular weight is 336 g/mol. The molecule has 23 heavy (non-hydrogen) atoms. The molecule has 1 N–H and O–H groups in total. The van der Waals surface area contributed by atoms with Crippen molar-refractivity contribution < 1.29 is 19.1 Å². The summed E-state index contributed by atoms with van der Waals surface area (Å²) in [6, 6.07) is 6.83. The number of nitrogens with one attached hydrogen (secondary N) is 1. The Hall–Kier alpha value is -2.27. The normalized spacial score (nSPS) is 11.9. The summed E-state index contributed by atoms with van der Waals surface area (Å²) in [5.41, 5.74) is 1.87. The molecule has 0 saturated heterocycles. The van der Waals surface area contributed by atoms with Gasteiger partial charge >= 0.3 is 5.97 Å². The summed E-state index contributed by atoms with van der Waals surface area (Å²) in [5, 5.41) is 0.530. The Labute approximate surface area is 139 Å². The zero-order valence-corrected chi connectivity index (χ0v) is 14.2. The molecule has 0 radical (unpaired) electrons. The van der Waals surface area contributed by atoms with Crippen molar-refractivity contribution in [2.45, 2.75) is 26.9 Å². The van der Waals surface area contributed by atoms with Crippen LogP contribution in [0, 0.1) is 13.8 Å². The van der Waals surface area contributed by atoms with Crippen molar-refractivity contribution in [1.82, 2.24) is 4.98 Å². The monoisotopic (exact) mass is 335 g/mol. The number of hydrogen-bond acceptors (Lipinski definition) is 4. The number of ketones is 1. The number of halogens is 1. The second-order valence-electron chi connectivity index (χ2n) is 5.20. The van der Waals surface area contributed by atoms with Crippen LogP contribution in [-0.2, 0) is 4.74 Å². The van der Waals surface area contributed by atoms with E-state index in [4.69, 9.17) is 21.1 Å². The van der Waals surface area contributed by atoms with Crippen LogP contribution in [0.2, 0.25) is 5.02 Å². The SMILES string of the molecule is COC(=O)c1c(C)[nH]c(C(=O)[C@H](C)Oc2cccc(Cl)c2)c1C. The number of aryl methyl sites for hydroxylation is 1. The number of Topliss-reactive ketones (excluding diaryl/α,β-unsaturated/α-hetero) is 1. The number of carbonyl (C=O) groups is 2. The first-order valence-electron chi connectivity index (χ1n) is 7.09. The predicted molar refractivity (Wildman–Crippen MR) is 87.5 cm³/mol. The van der Waals surface area contributed by atoms with Crippen LogP contribution < -0.4 is 4.74 Å². The van der Waals surface area contributed by atoms with Crippen molar-refractivity contribution in [3.05, 3.63) is 51.8 Å². The molecule has 1 aromatic carbocycles. The van der Waals surface area contributed by atoms with Crippen molar-refractivity contribution >= 4 is 23.4 Å². The third-order valence-electron chi connectivity index (χ3n) is 3.55. The average Bonchev–Trinajstić information content (AvgIpc) is 2.80. The minimum absolute atomic E-state index is 0.249. The lowest BCUT2D eigenvalue weighted by Crippen LogP contribution is -2.25. The van der Waals surface area contributed by atoms with E-state index in [2.05, 4.69) is 4.98 Å². The molecule has 1 atom stereocenters. The van der Waals surface area contributed by atoms with Gasteiger partial charge in [0.15, 0.2) is 6.10 Å². The van der Waals surface area contributed by atoms with Gasteiger partial charge in [0.2, 0.25) is 5.78 Å². The van der Waals surface area contributed by atoms with Gasteiger partial charge in [0.1, 0.15) is 5.75 Å². The highest BCUT2D eigenvalue weighted by atomic mass is 35.5. The van der Waals surface area contributed by atoms with Crippen LogP contribution in [0.3, 0.4) is 0 Å². The van der Waals surface area contributed by atoms with Gasteiger partial charge in [-0.05, 0) is 44.5 Å². The summed E-state index contributed by atoms with van der Waals surface area (Å²) in [6.45, 7) is 5.07. The lowest BCUT2D eigenvalue weighted by molar-refractivity contribution is 0.0599. The van der Waals surface area contributed by atoms with Gasteiger partial charge in [-0.1, -0.05) is 17.7 Å². The van der Waals surface area contributed by atoms with Crippen molar-refractivity contribution in [2.24, 2.45) is 0 Å². The molecular formula is C17H18ClNO4. The molecule has 0 aliphatic heterocycles. The maximum Gasteiger partial charge on any atom is 0.339 e. The second kappa shape index (κ2) is 6.87. The number of carbonyl (C=O) groups excluding carboxylic acids is 2. The van der Waals surface area contributed by atoms with Gasteiger partial charge in [0.05, 0.1) is 18.4 Å². The van der Waals surface area contributed by atoms with E-state index in [0.717, 1.165) is 0 Å². The Balaban J connectivity index is 2.25. The molecule has 0 spiro atoms. The number of esters is 1. The molecule has 6 heteroatoms. The molecule has 0 unspecified atom stereocenters. The maximum absolute atomic E-state index is 12.6. The Kier molecular flexibility index (Phi) is 5.11. The summed E-state index contributed by atoms with van der Waals surface area (Å²) in [5.74, 6) is -0.216. The first kappa shape index (κ1) is 17.1. The van der Waals surface area contributed by atoms with Crippen LogP contribution in [0.1, 0.15) is 39.0 Å². The maximum atomic E-state index is 12.6. The lowest BCUT2D eigenvalue weighted by atomic mass is 10.1. The molecule has 0 bridgehead atoms. The molecule has 1 heterocycles. The quantitative estimate of drug-likeness (QED) is 0.668. The van der Waals surface area contributed by atoms with E-state index >= 15 is 0 Å². The summed E-state index contributed by atoms with van der Waals surface area (Å²) >= 11 is 5.90. The number of hydrogen-bond donors (Lipinski definition) is 1. The highest BCUT2D eigenvalue weighted by molar-refractivity contribution is 6.30. The van der Waals surface area contributed by atoms with E-state index in [0.29, 0.717) is 33.3 Å². The van der Waals surface area contributed by atoms with Crippen molar-refractivity contribution in [2.75, 3.05) is 7.11 Å². The number of aromatic amines is 1. The van der Waals surface area contributed by atoms with Gasteiger partial charge in [-0.2, -0.15) is 0 Å². The third kappa shape index (κ3) is 3.56. The van der Waals surface area contributed by atoms with Gasteiger partial charge in [0, 0.05) is 10.7 Å². The van der Waals surface area contributed by atoms with E-state index in [1.165, 1.54) is 7.11 Å². The van der Waals surface area contributed by atoms with Crippen molar-refractivity contribution in [3.63, 3.8) is 0 Å². The molecule has 0 saturated carbocycles. The molecular weight excluding hydrogens is 318 g/mol. The lowest BCUT2D eigenvalue weighted by Gasteiger charge is -2.13. The van der Waals surface area contributed by atoms with Crippen molar-refractivity contribution in [1.29, 1.82) is 0 Å². The fraction of sp³-hybridized carbons (Fsp3) is 0.294. The van der Waals surface area contributed by atoms with E-state index in [-0.39, 0.29) is 5.78 Å². The molecule has 2 rings (SSSR count). The number of aromatic nitrogens is 1. The number of ether oxygens (including phenoxy) is 2. The summed E-state index contributed by atoms with van der Waals surface area (Å²) < 4.78 is 10.4. The van der Waals surface area contributed by atoms with E-state index in [1.807, 2.05) is 0 Å². The fourth-order valence-corrected chi connectivity index (χ4v) is 2.59. The van der Waals surface area contributed by atoms with Crippen LogP contribution >= 0.6 is 11.6 Å². The molecule has 1 aromatic heterocycles. The summed E-state index contributed by atoms with van der Waals surface area (Å²) in [7, 11) is 1.31. The van der Waals surface area contributed by atoms with Crippen LogP contribution in [0.5, 0.6) is 5.75 Å². The Morgan fingerprint density at radius 1 is 1.26 bits per heavy atom. The molecule has 0 fully saturated rings. The minimum atomic E-state index is -0.726. The third-order valence-corrected chi connectivity index (χ3v) is 3.79. The summed E-state index contributed by atoms with van der Waals surface area (Å²) in [4.78, 5) is 27.3. The van der Waals surface area contributed by atoms with Gasteiger partial charge < -0.3 is 14.5 Å². The highest BCUT2D eigenvalue weighted by Crippen LogP contribution is 2.23. The number of benzene rings is 1. The molecule has 0 amide bonds. The smallest absolute Gasteiger partial charge is 0.339 e. The topological polar surface area (TPSA) is 68.4 Å². The number of rotatable bonds is 5. The van der Waals surface area contributed by atoms with Crippen LogP contribution in [0.4, 0.5) is 0 Å². The Morgan fingerprint density at radius 3 is 2.57 bits per heavy atom. The van der Waals surface area contributed by atoms with Gasteiger partial charge in [-0.3, -0.25) is 4.79 Å². The molecule has 0 aliphatic carbocycles. The molecule has 122 valence electrons. The first-order valence-corrected chi connectivity index (χ1v) is 7.46. The zero-order valence-electron chi connectivity index (χ0n) is 13.4. The van der Waals surface area contributed by atoms with Gasteiger partial charge in [0.25, 0.3) is 0 Å². The Morgan fingerprint density at radius 2 is 1.96 bits per heavy atom. The largest absolute Gasteiger partial charge is 0.482 e. The second-order valence-corrected chi connectivity index (χ2v) is 5.63. The zero-order chi connectivity index (χ0) is 17.1. The minimum Gasteiger partial charge on any atom is -0.482 e. The predicted octanol–water partition coefficient (Wildman–Crippen LogP) is 3.72. The van der Waals surface area contributed by atoms with Crippen LogP contribution in [-0.4, -0.2) is 30.0 Å². The highest BCUT2D eigenvalue weighted by Gasteiger charge is 2.26. The van der Waals surface area contributed by atoms with Gasteiger partial charge in [-0.15, -0.1) is 0 Å². The van der Waals surface area contributed by atoms with Gasteiger partial charge in [-0.25, -0.2) is 4.79 Å². The number of methoxy groups -OCH3 is 1. The number of H-pyrrole nitrogens is 1. The van der Waals surface area contributed by atoms with E-state index in [1.54, 1.807) is 45.0 Å². The van der Waals surface area contributed by atoms with E-state index < -0.39 is 12.1 Å². The fourth-order valence-electron chi connectivity index (χ4n) is 2.41. The summed E-state index contributed by atoms with van der Waals surface area (Å²) in [6.07, 6.45) is -0.726. The Bertz CT molecular complexity index is 751. The molecule has 2 aromatic rings.